The fourth-order valence-electron chi connectivity index (χ4n) is 1.64. The molecule has 0 aliphatic carbocycles. The van der Waals surface area contributed by atoms with Gasteiger partial charge >= 0.3 is 0 Å². The van der Waals surface area contributed by atoms with E-state index in [4.69, 9.17) is 17.5 Å². The Balaban J connectivity index is 1.73. The molecule has 1 heterocycles. The highest BCUT2D eigenvalue weighted by molar-refractivity contribution is 7.80. The number of thiocarbonyl (C=S) groups is 1. The van der Waals surface area contributed by atoms with E-state index in [9.17, 15) is 4.79 Å². The molecule has 92 valence electrons. The van der Waals surface area contributed by atoms with Gasteiger partial charge in [0.2, 0.25) is 5.91 Å². The van der Waals surface area contributed by atoms with Gasteiger partial charge < -0.3 is 10.2 Å². The number of nitrogens with zero attached hydrogens (tertiary/aromatic N) is 2. The Morgan fingerprint density at radius 2 is 2.22 bits per heavy atom. The van der Waals surface area contributed by atoms with Gasteiger partial charge in [0.15, 0.2) is 0 Å². The van der Waals surface area contributed by atoms with Crippen LogP contribution in [0.15, 0.2) is 30.3 Å². The first-order chi connectivity index (χ1) is 8.70. The lowest BCUT2D eigenvalue weighted by atomic mass is 10.1. The number of hydrogen-bond donors (Lipinski definition) is 1. The lowest BCUT2D eigenvalue weighted by Crippen LogP contribution is -2.33. The number of carbonyl (C=O) groups excluding carboxylic acids is 1. The van der Waals surface area contributed by atoms with Gasteiger partial charge in [-0.25, -0.2) is 0 Å². The zero-order valence-electron chi connectivity index (χ0n) is 9.80. The van der Waals surface area contributed by atoms with Gasteiger partial charge in [-0.15, -0.1) is 0 Å². The molecule has 0 saturated carbocycles. The summed E-state index contributed by atoms with van der Waals surface area (Å²) in [5.41, 5.74) is 1.11. The van der Waals surface area contributed by atoms with Gasteiger partial charge in [-0.1, -0.05) is 42.5 Å². The van der Waals surface area contributed by atoms with E-state index in [2.05, 4.69) is 5.32 Å². The summed E-state index contributed by atoms with van der Waals surface area (Å²) < 4.78 is 0. The molecule has 0 bridgehead atoms. The van der Waals surface area contributed by atoms with Crippen molar-refractivity contribution in [1.29, 1.82) is 5.26 Å². The number of amides is 1. The first-order valence-corrected chi connectivity index (χ1v) is 6.11. The molecule has 1 aliphatic rings. The van der Waals surface area contributed by atoms with Crippen LogP contribution in [-0.4, -0.2) is 34.9 Å². The first-order valence-electron chi connectivity index (χ1n) is 5.70. The molecule has 1 fully saturated rings. The van der Waals surface area contributed by atoms with E-state index in [0.29, 0.717) is 18.0 Å². The van der Waals surface area contributed by atoms with Crippen molar-refractivity contribution in [2.45, 2.75) is 12.5 Å². The van der Waals surface area contributed by atoms with Crippen molar-refractivity contribution >= 4 is 23.1 Å². The Bertz CT molecular complexity index is 495. The van der Waals surface area contributed by atoms with Crippen molar-refractivity contribution in [3.05, 3.63) is 35.9 Å². The van der Waals surface area contributed by atoms with E-state index in [1.807, 2.05) is 36.4 Å². The average Bonchev–Trinajstić information content (AvgIpc) is 3.16. The van der Waals surface area contributed by atoms with Gasteiger partial charge in [0, 0.05) is 6.42 Å². The molecule has 0 aromatic heterocycles. The van der Waals surface area contributed by atoms with E-state index in [1.165, 1.54) is 4.90 Å². The molecule has 0 radical (unpaired) electrons. The van der Waals surface area contributed by atoms with Gasteiger partial charge in [0.05, 0.1) is 24.1 Å². The summed E-state index contributed by atoms with van der Waals surface area (Å²) in [6, 6.07) is 11.7. The fraction of sp³-hybridized carbons (Fsp3) is 0.308. The van der Waals surface area contributed by atoms with Crippen LogP contribution in [0.1, 0.15) is 5.56 Å². The third kappa shape index (κ3) is 3.28. The first kappa shape index (κ1) is 12.5. The topological polar surface area (TPSA) is 55.9 Å². The Morgan fingerprint density at radius 3 is 2.83 bits per heavy atom. The van der Waals surface area contributed by atoms with E-state index in [0.717, 1.165) is 5.56 Å². The van der Waals surface area contributed by atoms with Crippen molar-refractivity contribution in [3.63, 3.8) is 0 Å². The van der Waals surface area contributed by atoms with Crippen LogP contribution >= 0.6 is 12.2 Å². The van der Waals surface area contributed by atoms with Crippen LogP contribution in [0.5, 0.6) is 0 Å². The molecular weight excluding hydrogens is 246 g/mol. The smallest absolute Gasteiger partial charge is 0.243 e. The Morgan fingerprint density at radius 1 is 1.50 bits per heavy atom. The quantitative estimate of drug-likeness (QED) is 0.644. The molecule has 4 nitrogen and oxygen atoms in total. The molecule has 0 spiro atoms. The molecule has 1 aliphatic heterocycles. The summed E-state index contributed by atoms with van der Waals surface area (Å²) in [6.45, 7) is 0.715. The summed E-state index contributed by atoms with van der Waals surface area (Å²) in [6.07, 6.45) is 0.630. The Labute approximate surface area is 111 Å². The minimum atomic E-state index is -0.234. The van der Waals surface area contributed by atoms with Crippen LogP contribution in [-0.2, 0) is 11.2 Å². The zero-order valence-corrected chi connectivity index (χ0v) is 10.6. The molecule has 5 heteroatoms. The van der Waals surface area contributed by atoms with Crippen LogP contribution in [0.4, 0.5) is 0 Å². The van der Waals surface area contributed by atoms with Gasteiger partial charge in [-0.05, 0) is 5.56 Å². The molecule has 1 amide bonds. The Kier molecular flexibility index (Phi) is 3.90. The molecule has 18 heavy (non-hydrogen) atoms. The molecule has 1 saturated heterocycles. The summed E-state index contributed by atoms with van der Waals surface area (Å²) in [5.74, 6) is -0.0723. The standard InChI is InChI=1S/C13H13N3OS/c14-7-11-9-16(11)13(17)8-15-12(18)6-10-4-2-1-3-5-10/h1-5,11H,6,8-9H2,(H,15,18). The molecule has 1 aromatic rings. The Hall–Kier alpha value is -1.93. The highest BCUT2D eigenvalue weighted by Crippen LogP contribution is 2.15. The molecule has 1 atom stereocenters. The number of benzene rings is 1. The van der Waals surface area contributed by atoms with E-state index >= 15 is 0 Å². The molecule has 1 aromatic carbocycles. The third-order valence-corrected chi connectivity index (χ3v) is 3.01. The molecule has 1 unspecified atom stereocenters. The maximum atomic E-state index is 11.6. The van der Waals surface area contributed by atoms with Crippen molar-refractivity contribution in [1.82, 2.24) is 10.2 Å². The summed E-state index contributed by atoms with van der Waals surface area (Å²) in [5, 5.41) is 11.5. The number of hydrogen-bond acceptors (Lipinski definition) is 3. The van der Waals surface area contributed by atoms with Crippen LogP contribution < -0.4 is 5.32 Å². The van der Waals surface area contributed by atoms with E-state index < -0.39 is 0 Å². The second kappa shape index (κ2) is 5.61. The van der Waals surface area contributed by atoms with Crippen molar-refractivity contribution < 1.29 is 4.79 Å². The van der Waals surface area contributed by atoms with Gasteiger partial charge in [-0.3, -0.25) is 4.79 Å². The monoisotopic (exact) mass is 259 g/mol. The minimum Gasteiger partial charge on any atom is -0.370 e. The predicted molar refractivity (Wildman–Crippen MR) is 71.9 cm³/mol. The summed E-state index contributed by atoms with van der Waals surface area (Å²) in [4.78, 5) is 13.8. The molecule has 1 N–H and O–H groups in total. The van der Waals surface area contributed by atoms with Crippen molar-refractivity contribution in [2.75, 3.05) is 13.1 Å². The largest absolute Gasteiger partial charge is 0.370 e. The van der Waals surface area contributed by atoms with Crippen LogP contribution in [0.2, 0.25) is 0 Å². The number of nitriles is 1. The SMILES string of the molecule is N#CC1CN1C(=O)CNC(=S)Cc1ccccc1. The number of nitrogens with one attached hydrogen (secondary N) is 1. The highest BCUT2D eigenvalue weighted by atomic mass is 32.1. The number of carbonyl (C=O) groups is 1. The molecule has 2 rings (SSSR count). The highest BCUT2D eigenvalue weighted by Gasteiger charge is 2.37. The van der Waals surface area contributed by atoms with Gasteiger partial charge in [0.25, 0.3) is 0 Å². The maximum absolute atomic E-state index is 11.6. The van der Waals surface area contributed by atoms with Crippen molar-refractivity contribution in [2.24, 2.45) is 0 Å². The lowest BCUT2D eigenvalue weighted by molar-refractivity contribution is -0.124. The number of rotatable bonds is 4. The maximum Gasteiger partial charge on any atom is 0.243 e. The fourth-order valence-corrected chi connectivity index (χ4v) is 1.88. The molecular formula is C13H13N3OS. The second-order valence-electron chi connectivity index (χ2n) is 4.13. The van der Waals surface area contributed by atoms with Gasteiger partial charge in [0.1, 0.15) is 6.04 Å². The lowest BCUT2D eigenvalue weighted by Gasteiger charge is -2.07. The van der Waals surface area contributed by atoms with Crippen LogP contribution in [0.25, 0.3) is 0 Å². The predicted octanol–water partition coefficient (Wildman–Crippen LogP) is 0.880. The second-order valence-corrected chi connectivity index (χ2v) is 4.62. The van der Waals surface area contributed by atoms with E-state index in [-0.39, 0.29) is 18.5 Å². The normalized spacial score (nSPS) is 16.8. The third-order valence-electron chi connectivity index (χ3n) is 2.73. The van der Waals surface area contributed by atoms with E-state index in [1.54, 1.807) is 0 Å². The van der Waals surface area contributed by atoms with Gasteiger partial charge in [-0.2, -0.15) is 5.26 Å². The zero-order chi connectivity index (χ0) is 13.0. The van der Waals surface area contributed by atoms with Crippen LogP contribution in [0, 0.1) is 11.3 Å². The van der Waals surface area contributed by atoms with Crippen LogP contribution in [0.3, 0.4) is 0 Å². The summed E-state index contributed by atoms with van der Waals surface area (Å²) >= 11 is 5.17. The van der Waals surface area contributed by atoms with Crippen molar-refractivity contribution in [3.8, 4) is 6.07 Å². The average molecular weight is 259 g/mol. The minimum absolute atomic E-state index is 0.0723. The summed E-state index contributed by atoms with van der Waals surface area (Å²) in [7, 11) is 0.